The van der Waals surface area contributed by atoms with Crippen LogP contribution in [0.2, 0.25) is 0 Å². The van der Waals surface area contributed by atoms with Crippen LogP contribution < -0.4 is 5.32 Å². The number of benzene rings is 2. The molecule has 0 saturated carbocycles. The van der Waals surface area contributed by atoms with Gasteiger partial charge in [0.2, 0.25) is 0 Å². The van der Waals surface area contributed by atoms with Crippen LogP contribution in [0.5, 0.6) is 0 Å². The molecule has 0 aromatic heterocycles. The molecule has 2 rings (SSSR count). The second kappa shape index (κ2) is 7.92. The summed E-state index contributed by atoms with van der Waals surface area (Å²) in [6, 6.07) is 13.2. The van der Waals surface area contributed by atoms with Gasteiger partial charge in [0.05, 0.1) is 12.1 Å². The Balaban J connectivity index is 1.81. The zero-order chi connectivity index (χ0) is 16.8. The number of hydrogen-bond acceptors (Lipinski definition) is 3. The average molecular weight is 376 g/mol. The average Bonchev–Trinajstić information content (AvgIpc) is 2.50. The van der Waals surface area contributed by atoms with E-state index in [9.17, 15) is 9.59 Å². The Morgan fingerprint density at radius 3 is 2.35 bits per heavy atom. The summed E-state index contributed by atoms with van der Waals surface area (Å²) < 4.78 is 5.80. The van der Waals surface area contributed by atoms with Crippen molar-refractivity contribution in [2.45, 2.75) is 20.3 Å². The van der Waals surface area contributed by atoms with Gasteiger partial charge in [0.25, 0.3) is 5.91 Å². The zero-order valence-electron chi connectivity index (χ0n) is 13.1. The zero-order valence-corrected chi connectivity index (χ0v) is 14.6. The van der Waals surface area contributed by atoms with Crippen molar-refractivity contribution in [2.24, 2.45) is 0 Å². The Hall–Kier alpha value is -2.14. The molecule has 1 amide bonds. The first kappa shape index (κ1) is 17.2. The minimum absolute atomic E-state index is 0.155. The van der Waals surface area contributed by atoms with Gasteiger partial charge in [0.15, 0.2) is 6.61 Å². The largest absolute Gasteiger partial charge is 0.455 e. The number of carbonyl (C=O) groups excluding carboxylic acids is 2. The van der Waals surface area contributed by atoms with E-state index in [0.29, 0.717) is 5.69 Å². The molecule has 0 spiro atoms. The van der Waals surface area contributed by atoms with E-state index in [1.165, 1.54) is 0 Å². The van der Waals surface area contributed by atoms with Crippen molar-refractivity contribution >= 4 is 33.5 Å². The maximum Gasteiger partial charge on any atom is 0.310 e. The molecule has 0 heterocycles. The van der Waals surface area contributed by atoms with Gasteiger partial charge in [-0.1, -0.05) is 35.9 Å². The lowest BCUT2D eigenvalue weighted by atomic mass is 10.1. The first-order valence-electron chi connectivity index (χ1n) is 7.21. The summed E-state index contributed by atoms with van der Waals surface area (Å²) >= 11 is 3.38. The van der Waals surface area contributed by atoms with Crippen molar-refractivity contribution in [1.29, 1.82) is 0 Å². The van der Waals surface area contributed by atoms with Crippen LogP contribution in [-0.2, 0) is 20.7 Å². The third-order valence-electron chi connectivity index (χ3n) is 3.23. The van der Waals surface area contributed by atoms with E-state index in [4.69, 9.17) is 4.74 Å². The van der Waals surface area contributed by atoms with Gasteiger partial charge in [-0.25, -0.2) is 0 Å². The molecule has 0 atom stereocenters. The molecule has 23 heavy (non-hydrogen) atoms. The van der Waals surface area contributed by atoms with Crippen LogP contribution in [0.25, 0.3) is 0 Å². The van der Waals surface area contributed by atoms with E-state index < -0.39 is 5.97 Å². The van der Waals surface area contributed by atoms with Crippen LogP contribution in [0, 0.1) is 13.8 Å². The second-order valence-corrected chi connectivity index (χ2v) is 6.21. The lowest BCUT2D eigenvalue weighted by molar-refractivity contribution is -0.146. The van der Waals surface area contributed by atoms with Crippen LogP contribution in [0.1, 0.15) is 16.7 Å². The molecule has 120 valence electrons. The van der Waals surface area contributed by atoms with Crippen LogP contribution >= 0.6 is 15.9 Å². The van der Waals surface area contributed by atoms with Gasteiger partial charge in [-0.15, -0.1) is 0 Å². The third kappa shape index (κ3) is 5.53. The van der Waals surface area contributed by atoms with E-state index in [2.05, 4.69) is 21.2 Å². The van der Waals surface area contributed by atoms with Gasteiger partial charge in [0.1, 0.15) is 0 Å². The van der Waals surface area contributed by atoms with Crippen LogP contribution in [-0.4, -0.2) is 18.5 Å². The number of amides is 1. The topological polar surface area (TPSA) is 55.4 Å². The van der Waals surface area contributed by atoms with Crippen LogP contribution in [0.4, 0.5) is 5.69 Å². The van der Waals surface area contributed by atoms with E-state index in [0.717, 1.165) is 21.2 Å². The van der Waals surface area contributed by atoms with Crippen molar-refractivity contribution in [1.82, 2.24) is 0 Å². The molecule has 0 aliphatic heterocycles. The first-order valence-corrected chi connectivity index (χ1v) is 8.00. The SMILES string of the molecule is Cc1ccc(CC(=O)OCC(=O)Nc2ccc(C)cc2Br)cc1. The quantitative estimate of drug-likeness (QED) is 0.808. The van der Waals surface area contributed by atoms with Crippen molar-refractivity contribution in [3.05, 3.63) is 63.6 Å². The lowest BCUT2D eigenvalue weighted by Gasteiger charge is -2.09. The Labute approximate surface area is 144 Å². The molecular weight excluding hydrogens is 358 g/mol. The van der Waals surface area contributed by atoms with Crippen molar-refractivity contribution in [2.75, 3.05) is 11.9 Å². The number of halogens is 1. The number of nitrogens with one attached hydrogen (secondary N) is 1. The Bertz CT molecular complexity index is 711. The van der Waals surface area contributed by atoms with E-state index >= 15 is 0 Å². The molecule has 0 aliphatic carbocycles. The first-order chi connectivity index (χ1) is 10.9. The summed E-state index contributed by atoms with van der Waals surface area (Å²) in [6.07, 6.45) is 0.155. The predicted octanol–water partition coefficient (Wildman–Crippen LogP) is 3.79. The van der Waals surface area contributed by atoms with Gasteiger partial charge in [-0.2, -0.15) is 0 Å². The molecular formula is C18H18BrNO3. The predicted molar refractivity (Wildman–Crippen MR) is 93.4 cm³/mol. The third-order valence-corrected chi connectivity index (χ3v) is 3.89. The molecule has 1 N–H and O–H groups in total. The Morgan fingerprint density at radius 1 is 1.04 bits per heavy atom. The number of ether oxygens (including phenoxy) is 1. The van der Waals surface area contributed by atoms with Crippen molar-refractivity contribution in [3.63, 3.8) is 0 Å². The molecule has 5 heteroatoms. The molecule has 0 unspecified atom stereocenters. The summed E-state index contributed by atoms with van der Waals surface area (Å²) in [5.74, 6) is -0.793. The minimum atomic E-state index is -0.424. The highest BCUT2D eigenvalue weighted by atomic mass is 79.9. The van der Waals surface area contributed by atoms with Gasteiger partial charge >= 0.3 is 5.97 Å². The molecule has 2 aromatic rings. The lowest BCUT2D eigenvalue weighted by Crippen LogP contribution is -2.21. The summed E-state index contributed by atoms with van der Waals surface area (Å²) in [5, 5.41) is 2.70. The van der Waals surface area contributed by atoms with Gasteiger partial charge in [-0.3, -0.25) is 9.59 Å². The maximum absolute atomic E-state index is 11.8. The van der Waals surface area contributed by atoms with E-state index in [1.807, 2.05) is 50.2 Å². The second-order valence-electron chi connectivity index (χ2n) is 5.35. The normalized spacial score (nSPS) is 10.2. The molecule has 0 radical (unpaired) electrons. The van der Waals surface area contributed by atoms with Crippen molar-refractivity contribution in [3.8, 4) is 0 Å². The number of aryl methyl sites for hydroxylation is 2. The standard InChI is InChI=1S/C18H18BrNO3/c1-12-3-6-14(7-4-12)10-18(22)23-11-17(21)20-16-8-5-13(2)9-15(16)19/h3-9H,10-11H2,1-2H3,(H,20,21). The van der Waals surface area contributed by atoms with E-state index in [-0.39, 0.29) is 18.9 Å². The molecule has 0 saturated heterocycles. The monoisotopic (exact) mass is 375 g/mol. The molecule has 4 nitrogen and oxygen atoms in total. The van der Waals surface area contributed by atoms with Gasteiger partial charge in [-0.05, 0) is 53.0 Å². The van der Waals surface area contributed by atoms with E-state index in [1.54, 1.807) is 6.07 Å². The fourth-order valence-electron chi connectivity index (χ4n) is 1.98. The summed E-state index contributed by atoms with van der Waals surface area (Å²) in [6.45, 7) is 3.64. The van der Waals surface area contributed by atoms with Gasteiger partial charge < -0.3 is 10.1 Å². The fraction of sp³-hybridized carbons (Fsp3) is 0.222. The smallest absolute Gasteiger partial charge is 0.310 e. The highest BCUT2D eigenvalue weighted by Crippen LogP contribution is 2.23. The number of rotatable bonds is 5. The summed E-state index contributed by atoms with van der Waals surface area (Å²) in [5.41, 5.74) is 3.72. The Morgan fingerprint density at radius 2 is 1.70 bits per heavy atom. The number of anilines is 1. The highest BCUT2D eigenvalue weighted by molar-refractivity contribution is 9.10. The van der Waals surface area contributed by atoms with Crippen LogP contribution in [0.3, 0.4) is 0 Å². The molecule has 0 bridgehead atoms. The summed E-state index contributed by atoms with van der Waals surface area (Å²) in [7, 11) is 0. The fourth-order valence-corrected chi connectivity index (χ4v) is 2.57. The highest BCUT2D eigenvalue weighted by Gasteiger charge is 2.10. The Kier molecular flexibility index (Phi) is 5.93. The van der Waals surface area contributed by atoms with Crippen LogP contribution in [0.15, 0.2) is 46.9 Å². The maximum atomic E-state index is 11.8. The van der Waals surface area contributed by atoms with Crippen molar-refractivity contribution < 1.29 is 14.3 Å². The number of carbonyl (C=O) groups is 2. The molecule has 2 aromatic carbocycles. The molecule has 0 fully saturated rings. The van der Waals surface area contributed by atoms with Gasteiger partial charge in [0, 0.05) is 4.47 Å². The minimum Gasteiger partial charge on any atom is -0.455 e. The summed E-state index contributed by atoms with van der Waals surface area (Å²) in [4.78, 5) is 23.6. The number of esters is 1. The molecule has 0 aliphatic rings. The number of hydrogen-bond donors (Lipinski definition) is 1.